The van der Waals surface area contributed by atoms with E-state index < -0.39 is 0 Å². The summed E-state index contributed by atoms with van der Waals surface area (Å²) >= 11 is 0. The summed E-state index contributed by atoms with van der Waals surface area (Å²) in [6.07, 6.45) is 47.3. The van der Waals surface area contributed by atoms with E-state index in [1.165, 1.54) is 268 Å². The molecule has 2 fully saturated rings. The molecule has 2 saturated heterocycles. The normalized spacial score (nSPS) is 19.4. The number of hydrogen-bond acceptors (Lipinski definition) is 9. The van der Waals surface area contributed by atoms with Crippen LogP contribution in [0.2, 0.25) is 12.1 Å². The van der Waals surface area contributed by atoms with Gasteiger partial charge >= 0.3 is 0 Å². The van der Waals surface area contributed by atoms with Gasteiger partial charge in [0.25, 0.3) is 0 Å². The largest absolute Gasteiger partial charge is 0.355 e. The summed E-state index contributed by atoms with van der Waals surface area (Å²) in [5.41, 5.74) is 0. The van der Waals surface area contributed by atoms with Crippen LogP contribution >= 0.6 is 31.4 Å². The number of nitrogens with zero attached hydrogens (tertiary/aromatic N) is 2. The average molecular weight is 950 g/mol. The Hall–Kier alpha value is 1.24. The molecule has 0 aromatic heterocycles. The van der Waals surface area contributed by atoms with Gasteiger partial charge in [0.2, 0.25) is 0 Å². The highest BCUT2D eigenvalue weighted by Crippen LogP contribution is 2.35. The second-order valence-electron chi connectivity index (χ2n) is 18.8. The van der Waals surface area contributed by atoms with Crippen molar-refractivity contribution in [1.82, 2.24) is 9.13 Å². The minimum atomic E-state index is -0.0804. The van der Waals surface area contributed by atoms with E-state index in [2.05, 4.69) is 44.6 Å². The van der Waals surface area contributed by atoms with Crippen molar-refractivity contribution in [3.8, 4) is 0 Å². The van der Waals surface area contributed by atoms with Gasteiger partial charge < -0.3 is 28.1 Å². The third-order valence-corrected chi connectivity index (χ3v) is 21.7. The number of hydrogen-bond donors (Lipinski definition) is 0. The molecule has 2 heterocycles. The van der Waals surface area contributed by atoms with E-state index in [9.17, 15) is 0 Å². The molecule has 2 atom stereocenters. The highest BCUT2D eigenvalue weighted by Gasteiger charge is 2.18. The second-order valence-corrected chi connectivity index (χ2v) is 27.4. The molecule has 0 spiro atoms. The van der Waals surface area contributed by atoms with Crippen LogP contribution in [0.1, 0.15) is 232 Å². The van der Waals surface area contributed by atoms with Crippen molar-refractivity contribution in [2.45, 2.75) is 256 Å². The van der Waals surface area contributed by atoms with Crippen molar-refractivity contribution in [3.05, 3.63) is 0 Å². The van der Waals surface area contributed by atoms with Gasteiger partial charge in [-0.25, -0.2) is 0 Å². The van der Waals surface area contributed by atoms with E-state index in [1.807, 2.05) is 9.83 Å². The standard InChI is InChI=1S/C50H104N2O4S3Si2/c1-3-5-7-9-11-13-15-17-19-21-23-25-27-41-53-47-55-49-33-29-45-60-51(39-35-49)37-31-43-57-59-58-44-32-38-52-40-36-50(34-30-46-61-52)56-48-54-42-28-26-24-22-20-18-16-14-12-10-8-6-4-2/h49-50H,3-48,60-61H2,1-2H3. The van der Waals surface area contributed by atoms with Crippen LogP contribution in [0.4, 0.5) is 0 Å². The van der Waals surface area contributed by atoms with Crippen LogP contribution in [0.25, 0.3) is 0 Å². The van der Waals surface area contributed by atoms with Gasteiger partial charge in [-0.05, 0) is 99.5 Å². The van der Waals surface area contributed by atoms with Crippen molar-refractivity contribution < 1.29 is 18.9 Å². The minimum Gasteiger partial charge on any atom is -0.355 e. The first-order valence-corrected chi connectivity index (χ1v) is 34.1. The van der Waals surface area contributed by atoms with Gasteiger partial charge in [-0.1, -0.05) is 202 Å². The lowest BCUT2D eigenvalue weighted by Gasteiger charge is -2.28. The van der Waals surface area contributed by atoms with E-state index >= 15 is 0 Å². The monoisotopic (exact) mass is 949 g/mol. The van der Waals surface area contributed by atoms with Gasteiger partial charge in [-0.15, -0.1) is 0 Å². The van der Waals surface area contributed by atoms with Crippen molar-refractivity contribution in [2.75, 3.05) is 64.5 Å². The predicted molar refractivity (Wildman–Crippen MR) is 282 cm³/mol. The van der Waals surface area contributed by atoms with Crippen molar-refractivity contribution in [1.29, 1.82) is 0 Å². The zero-order valence-corrected chi connectivity index (χ0v) is 46.1. The number of unbranched alkanes of at least 4 members (excludes halogenated alkanes) is 24. The third-order valence-electron chi connectivity index (χ3n) is 13.1. The fourth-order valence-electron chi connectivity index (χ4n) is 9.01. The summed E-state index contributed by atoms with van der Waals surface area (Å²) in [4.78, 5) is 0. The summed E-state index contributed by atoms with van der Waals surface area (Å²) in [6, 6.07) is 2.89. The van der Waals surface area contributed by atoms with Gasteiger partial charge in [-0.2, -0.15) is 0 Å². The second kappa shape index (κ2) is 47.7. The van der Waals surface area contributed by atoms with E-state index in [0.717, 1.165) is 13.2 Å². The van der Waals surface area contributed by atoms with E-state index in [4.69, 9.17) is 18.9 Å². The lowest BCUT2D eigenvalue weighted by atomic mass is 10.0. The van der Waals surface area contributed by atoms with Crippen molar-refractivity contribution in [2.24, 2.45) is 0 Å². The molecular weight excluding hydrogens is 845 g/mol. The molecule has 0 aliphatic carbocycles. The number of ether oxygens (including phenoxy) is 4. The topological polar surface area (TPSA) is 43.4 Å². The molecule has 2 aliphatic heterocycles. The third kappa shape index (κ3) is 40.1. The maximum absolute atomic E-state index is 6.22. The molecule has 61 heavy (non-hydrogen) atoms. The highest BCUT2D eigenvalue weighted by atomic mass is 33.5. The van der Waals surface area contributed by atoms with Crippen molar-refractivity contribution in [3.63, 3.8) is 0 Å². The molecule has 0 saturated carbocycles. The molecule has 2 aliphatic rings. The molecular formula is C50H104N2O4S3Si2. The van der Waals surface area contributed by atoms with Crippen LogP contribution in [0, 0.1) is 0 Å². The SMILES string of the molecule is CCCCCCCCCCCCCCCOCOC1CCC[SiH2]N(CCCSSSCCCN2CCC(OCOCCCCCCCCCCCCCCC)CCC[SiH2]2)CC1. The Morgan fingerprint density at radius 1 is 0.426 bits per heavy atom. The van der Waals surface area contributed by atoms with Crippen LogP contribution in [0.5, 0.6) is 0 Å². The Kier molecular flexibility index (Phi) is 45.7. The molecule has 364 valence electrons. The number of rotatable bonds is 44. The Morgan fingerprint density at radius 3 is 1.13 bits per heavy atom. The maximum atomic E-state index is 6.22. The summed E-state index contributed by atoms with van der Waals surface area (Å²) in [5.74, 6) is 2.55. The summed E-state index contributed by atoms with van der Waals surface area (Å²) in [6.45, 7) is 12.4. The zero-order valence-electron chi connectivity index (χ0n) is 40.8. The summed E-state index contributed by atoms with van der Waals surface area (Å²) in [5, 5.41) is 0. The quantitative estimate of drug-likeness (QED) is 0.0257. The first kappa shape index (κ1) is 58.4. The Balaban J connectivity index is 1.33. The predicted octanol–water partition coefficient (Wildman–Crippen LogP) is 14.7. The molecule has 0 bridgehead atoms. The molecule has 6 nitrogen and oxygen atoms in total. The molecule has 0 amide bonds. The van der Waals surface area contributed by atoms with E-state index in [-0.39, 0.29) is 19.4 Å². The maximum Gasteiger partial charge on any atom is 0.147 e. The van der Waals surface area contributed by atoms with Gasteiger partial charge in [-0.3, -0.25) is 0 Å². The van der Waals surface area contributed by atoms with Crippen molar-refractivity contribution >= 4 is 50.8 Å². The smallest absolute Gasteiger partial charge is 0.147 e. The van der Waals surface area contributed by atoms with Gasteiger partial charge in [0.15, 0.2) is 0 Å². The zero-order chi connectivity index (χ0) is 43.2. The van der Waals surface area contributed by atoms with Crippen LogP contribution in [-0.4, -0.2) is 105 Å². The van der Waals surface area contributed by atoms with Gasteiger partial charge in [0, 0.05) is 24.7 Å². The van der Waals surface area contributed by atoms with Crippen LogP contribution < -0.4 is 0 Å². The molecule has 0 aromatic rings. The molecule has 11 heteroatoms. The Bertz CT molecular complexity index is 810. The Labute approximate surface area is 397 Å². The highest BCUT2D eigenvalue weighted by molar-refractivity contribution is 9.09. The molecule has 0 aromatic carbocycles. The van der Waals surface area contributed by atoms with Gasteiger partial charge in [0.05, 0.1) is 31.6 Å². The molecule has 0 N–H and O–H groups in total. The van der Waals surface area contributed by atoms with Crippen LogP contribution in [-0.2, 0) is 18.9 Å². The lowest BCUT2D eigenvalue weighted by Crippen LogP contribution is -2.34. The fraction of sp³-hybridized carbons (Fsp3) is 1.00. The van der Waals surface area contributed by atoms with Crippen LogP contribution in [0.3, 0.4) is 0 Å². The molecule has 2 unspecified atom stereocenters. The molecule has 2 rings (SSSR count). The minimum absolute atomic E-state index is 0.0804. The lowest BCUT2D eigenvalue weighted by molar-refractivity contribution is -0.0956. The van der Waals surface area contributed by atoms with E-state index in [1.54, 1.807) is 0 Å². The Morgan fingerprint density at radius 2 is 0.770 bits per heavy atom. The first-order chi connectivity index (χ1) is 30.3. The molecule has 0 radical (unpaired) electrons. The summed E-state index contributed by atoms with van der Waals surface area (Å²) in [7, 11) is 6.05. The van der Waals surface area contributed by atoms with Crippen LogP contribution in [0.15, 0.2) is 0 Å². The van der Waals surface area contributed by atoms with Gasteiger partial charge in [0.1, 0.15) is 13.6 Å². The van der Waals surface area contributed by atoms with E-state index in [0.29, 0.717) is 25.8 Å². The first-order valence-electron chi connectivity index (χ1n) is 27.1. The average Bonchev–Trinajstić information content (AvgIpc) is 3.25. The summed E-state index contributed by atoms with van der Waals surface area (Å²) < 4.78 is 29.9. The fourth-order valence-corrected chi connectivity index (χ4v) is 16.5.